The molecule has 10 heteroatoms. The fraction of sp³-hybridized carbons (Fsp3) is 0.304. The first kappa shape index (κ1) is 26.3. The van der Waals surface area contributed by atoms with Gasteiger partial charge in [-0.05, 0) is 49.6 Å². The molecule has 0 aliphatic rings. The van der Waals surface area contributed by atoms with Crippen LogP contribution in [0.25, 0.3) is 12.2 Å². The van der Waals surface area contributed by atoms with Crippen LogP contribution in [-0.2, 0) is 26.6 Å². The Morgan fingerprint density at radius 2 is 1.61 bits per heavy atom. The summed E-state index contributed by atoms with van der Waals surface area (Å²) >= 11 is 0. The third kappa shape index (κ3) is 8.47. The Hall–Kier alpha value is -2.98. The Labute approximate surface area is 196 Å². The molecule has 0 saturated heterocycles. The zero-order valence-corrected chi connectivity index (χ0v) is 21.1. The van der Waals surface area contributed by atoms with Crippen molar-refractivity contribution in [3.63, 3.8) is 0 Å². The van der Waals surface area contributed by atoms with Crippen molar-refractivity contribution in [1.29, 1.82) is 0 Å². The average Bonchev–Trinajstić information content (AvgIpc) is 2.69. The number of hydrogen-bond acceptors (Lipinski definition) is 7. The van der Waals surface area contributed by atoms with Gasteiger partial charge in [0.25, 0.3) is 0 Å². The molecule has 2 aromatic carbocycles. The van der Waals surface area contributed by atoms with Crippen LogP contribution < -0.4 is 18.4 Å². The van der Waals surface area contributed by atoms with E-state index in [1.165, 1.54) is 14.2 Å². The molecule has 0 radical (unpaired) electrons. The van der Waals surface area contributed by atoms with Gasteiger partial charge in [-0.25, -0.2) is 8.42 Å². The predicted molar refractivity (Wildman–Crippen MR) is 132 cm³/mol. The largest absolute Gasteiger partial charge is 0.496 e. The lowest BCUT2D eigenvalue weighted by molar-refractivity contribution is 0.407. The number of hydrogen-bond donors (Lipinski definition) is 1. The molecule has 0 fully saturated rings. The summed E-state index contributed by atoms with van der Waals surface area (Å²) in [6.45, 7) is 3.98. The summed E-state index contributed by atoms with van der Waals surface area (Å²) in [6, 6.07) is 8.20. The van der Waals surface area contributed by atoms with E-state index in [0.717, 1.165) is 29.2 Å². The molecule has 0 atom stereocenters. The van der Waals surface area contributed by atoms with Gasteiger partial charge in [0.15, 0.2) is 0 Å². The maximum Gasteiger partial charge on any atom is 0.306 e. The highest BCUT2D eigenvalue weighted by atomic mass is 32.2. The first-order valence-electron chi connectivity index (χ1n) is 9.89. The van der Waals surface area contributed by atoms with E-state index in [1.54, 1.807) is 36.4 Å². The Balaban J connectivity index is 2.54. The molecule has 0 amide bonds. The molecule has 8 nitrogen and oxygen atoms in total. The second-order valence-electron chi connectivity index (χ2n) is 7.63. The lowest BCUT2D eigenvalue weighted by Crippen LogP contribution is -2.10. The highest BCUT2D eigenvalue weighted by Gasteiger charge is 2.14. The molecular weight excluding hydrogens is 466 g/mol. The molecule has 33 heavy (non-hydrogen) atoms. The summed E-state index contributed by atoms with van der Waals surface area (Å²) in [5, 5.41) is 0. The first-order valence-corrected chi connectivity index (χ1v) is 13.6. The average molecular weight is 496 g/mol. The molecule has 0 saturated carbocycles. The van der Waals surface area contributed by atoms with Gasteiger partial charge in [-0.15, -0.1) is 0 Å². The van der Waals surface area contributed by atoms with Gasteiger partial charge in [-0.1, -0.05) is 29.9 Å². The second kappa shape index (κ2) is 10.8. The van der Waals surface area contributed by atoms with E-state index in [4.69, 9.17) is 13.7 Å². The van der Waals surface area contributed by atoms with Crippen molar-refractivity contribution < 1.29 is 30.5 Å². The molecule has 0 bridgehead atoms. The van der Waals surface area contributed by atoms with Gasteiger partial charge in [0.1, 0.15) is 17.2 Å². The minimum absolute atomic E-state index is 0.139. The van der Waals surface area contributed by atoms with Gasteiger partial charge in [-0.3, -0.25) is 4.72 Å². The summed E-state index contributed by atoms with van der Waals surface area (Å²) in [6.07, 6.45) is 8.27. The topological polar surface area (TPSA) is 108 Å². The molecule has 2 aromatic rings. The predicted octanol–water partition coefficient (Wildman–Crippen LogP) is 4.09. The fourth-order valence-electron chi connectivity index (χ4n) is 3.00. The Kier molecular flexibility index (Phi) is 8.57. The zero-order chi connectivity index (χ0) is 24.8. The first-order chi connectivity index (χ1) is 15.3. The van der Waals surface area contributed by atoms with Gasteiger partial charge >= 0.3 is 10.1 Å². The van der Waals surface area contributed by atoms with E-state index in [9.17, 15) is 16.8 Å². The molecule has 0 aliphatic carbocycles. The van der Waals surface area contributed by atoms with E-state index in [0.29, 0.717) is 29.2 Å². The number of nitrogens with one attached hydrogen (secondary N) is 1. The van der Waals surface area contributed by atoms with E-state index in [2.05, 4.69) is 4.72 Å². The molecule has 0 aromatic heterocycles. The minimum atomic E-state index is -3.72. The lowest BCUT2D eigenvalue weighted by Gasteiger charge is -2.14. The Morgan fingerprint density at radius 1 is 0.939 bits per heavy atom. The van der Waals surface area contributed by atoms with Crippen molar-refractivity contribution >= 4 is 38.0 Å². The second-order valence-corrected chi connectivity index (χ2v) is 11.0. The summed E-state index contributed by atoms with van der Waals surface area (Å²) in [5.41, 5.74) is 3.77. The smallest absolute Gasteiger partial charge is 0.306 e. The SMILES string of the molecule is COc1cc(C=Cc2cc(OS(C)(=O)=O)cc(OC)c2CC=C(C)C)ccc1NS(C)(=O)=O. The van der Waals surface area contributed by atoms with Crippen molar-refractivity contribution in [1.82, 2.24) is 0 Å². The minimum Gasteiger partial charge on any atom is -0.496 e. The van der Waals surface area contributed by atoms with Crippen molar-refractivity contribution in [3.05, 3.63) is 58.7 Å². The zero-order valence-electron chi connectivity index (χ0n) is 19.5. The molecule has 0 heterocycles. The summed E-state index contributed by atoms with van der Waals surface area (Å²) < 4.78 is 64.7. The van der Waals surface area contributed by atoms with E-state index < -0.39 is 20.1 Å². The molecule has 1 N–H and O–H groups in total. The number of rotatable bonds is 10. The van der Waals surface area contributed by atoms with E-state index in [1.807, 2.05) is 26.0 Å². The summed E-state index contributed by atoms with van der Waals surface area (Å²) in [5.74, 6) is 0.998. The third-order valence-corrected chi connectivity index (χ3v) is 5.46. The molecular formula is C23H29NO7S2. The molecule has 0 aliphatic heterocycles. The quantitative estimate of drug-likeness (QED) is 0.300. The van der Waals surface area contributed by atoms with E-state index in [-0.39, 0.29) is 5.75 Å². The van der Waals surface area contributed by atoms with Crippen molar-refractivity contribution in [3.8, 4) is 17.2 Å². The van der Waals surface area contributed by atoms with Crippen molar-refractivity contribution in [2.75, 3.05) is 31.5 Å². The number of ether oxygens (including phenoxy) is 2. The summed E-state index contributed by atoms with van der Waals surface area (Å²) in [4.78, 5) is 0. The van der Waals surface area contributed by atoms with Gasteiger partial charge in [0, 0.05) is 11.6 Å². The van der Waals surface area contributed by atoms with E-state index >= 15 is 0 Å². The van der Waals surface area contributed by atoms with Crippen LogP contribution in [0.1, 0.15) is 30.5 Å². The molecule has 0 unspecified atom stereocenters. The number of anilines is 1. The summed E-state index contributed by atoms with van der Waals surface area (Å²) in [7, 11) is -4.21. The third-order valence-electron chi connectivity index (χ3n) is 4.38. The van der Waals surface area contributed by atoms with Gasteiger partial charge in [0.2, 0.25) is 10.0 Å². The highest BCUT2D eigenvalue weighted by Crippen LogP contribution is 2.33. The Morgan fingerprint density at radius 3 is 2.15 bits per heavy atom. The maximum absolute atomic E-state index is 11.6. The van der Waals surface area contributed by atoms with Crippen LogP contribution in [0.4, 0.5) is 5.69 Å². The molecule has 0 spiro atoms. The normalized spacial score (nSPS) is 11.8. The van der Waals surface area contributed by atoms with Gasteiger partial charge in [-0.2, -0.15) is 8.42 Å². The fourth-order valence-corrected chi connectivity index (χ4v) is 4.01. The van der Waals surface area contributed by atoms with Crippen molar-refractivity contribution in [2.45, 2.75) is 20.3 Å². The number of methoxy groups -OCH3 is 2. The van der Waals surface area contributed by atoms with Crippen LogP contribution >= 0.6 is 0 Å². The Bertz CT molecular complexity index is 1270. The molecule has 2 rings (SSSR count). The molecule has 180 valence electrons. The number of benzene rings is 2. The number of allylic oxidation sites excluding steroid dienone is 2. The monoisotopic (exact) mass is 495 g/mol. The van der Waals surface area contributed by atoms with Crippen LogP contribution in [0.3, 0.4) is 0 Å². The highest BCUT2D eigenvalue weighted by molar-refractivity contribution is 7.92. The maximum atomic E-state index is 11.6. The van der Waals surface area contributed by atoms with Crippen LogP contribution in [0.5, 0.6) is 17.2 Å². The van der Waals surface area contributed by atoms with Gasteiger partial charge in [0.05, 0.1) is 32.4 Å². The lowest BCUT2D eigenvalue weighted by atomic mass is 10.00. The van der Waals surface area contributed by atoms with Gasteiger partial charge < -0.3 is 13.7 Å². The number of sulfonamides is 1. The van der Waals surface area contributed by atoms with Crippen LogP contribution in [-0.4, -0.2) is 43.6 Å². The van der Waals surface area contributed by atoms with Crippen LogP contribution in [0.15, 0.2) is 42.0 Å². The van der Waals surface area contributed by atoms with Crippen molar-refractivity contribution in [2.24, 2.45) is 0 Å². The standard InChI is InChI=1S/C23H29NO7S2/c1-16(2)7-11-20-18(14-19(15-22(20)29-3)31-33(6,27)28)10-8-17-9-12-21(23(13-17)30-4)24-32(5,25)26/h7-10,12-15,24H,11H2,1-6H3. The van der Waals surface area contributed by atoms with Crippen LogP contribution in [0.2, 0.25) is 0 Å². The van der Waals surface area contributed by atoms with Crippen LogP contribution in [0, 0.1) is 0 Å².